The fraction of sp³-hybridized carbons (Fsp3) is 0.222. The molecule has 0 bridgehead atoms. The molecule has 0 aliphatic rings. The summed E-state index contributed by atoms with van der Waals surface area (Å²) in [7, 11) is 4.46. The molecule has 0 heterocycles. The quantitative estimate of drug-likeness (QED) is 0.882. The highest BCUT2D eigenvalue weighted by atomic mass is 16.5. The molecule has 0 spiro atoms. The number of hydrogen-bond donors (Lipinski definition) is 1. The summed E-state index contributed by atoms with van der Waals surface area (Å²) < 4.78 is 15.8. The first-order chi connectivity index (χ1) is 11.6. The summed E-state index contributed by atoms with van der Waals surface area (Å²) in [5, 5.41) is 11.5. The van der Waals surface area contributed by atoms with Crippen LogP contribution in [0.5, 0.6) is 17.2 Å². The third kappa shape index (κ3) is 3.58. The number of nitriles is 1. The van der Waals surface area contributed by atoms with Crippen LogP contribution in [0.3, 0.4) is 0 Å². The van der Waals surface area contributed by atoms with E-state index in [4.69, 9.17) is 19.5 Å². The van der Waals surface area contributed by atoms with Gasteiger partial charge in [-0.3, -0.25) is 4.79 Å². The molecule has 1 amide bonds. The highest BCUT2D eigenvalue weighted by molar-refractivity contribution is 6.07. The van der Waals surface area contributed by atoms with Crippen molar-refractivity contribution in [1.82, 2.24) is 0 Å². The first-order valence-electron chi connectivity index (χ1n) is 7.20. The lowest BCUT2D eigenvalue weighted by molar-refractivity contribution is 0.102. The minimum Gasteiger partial charge on any atom is -0.493 e. The van der Waals surface area contributed by atoms with E-state index in [2.05, 4.69) is 11.4 Å². The zero-order chi connectivity index (χ0) is 17.5. The smallest absolute Gasteiger partial charge is 0.259 e. The second-order valence-electron chi connectivity index (χ2n) is 4.87. The van der Waals surface area contributed by atoms with E-state index < -0.39 is 0 Å². The van der Waals surface area contributed by atoms with Crippen LogP contribution in [0, 0.1) is 11.3 Å². The van der Waals surface area contributed by atoms with E-state index in [1.807, 2.05) is 0 Å². The van der Waals surface area contributed by atoms with Gasteiger partial charge in [-0.2, -0.15) is 5.26 Å². The Morgan fingerprint density at radius 3 is 2.21 bits per heavy atom. The molecule has 0 aliphatic heterocycles. The molecule has 0 unspecified atom stereocenters. The van der Waals surface area contributed by atoms with Gasteiger partial charge in [0, 0.05) is 5.69 Å². The summed E-state index contributed by atoms with van der Waals surface area (Å²) in [6.07, 6.45) is 0.331. The van der Waals surface area contributed by atoms with Crippen LogP contribution in [-0.4, -0.2) is 27.2 Å². The van der Waals surface area contributed by atoms with E-state index in [1.54, 1.807) is 36.4 Å². The first kappa shape index (κ1) is 17.2. The number of carbonyl (C=O) groups excluding carboxylic acids is 1. The third-order valence-corrected chi connectivity index (χ3v) is 3.44. The summed E-state index contributed by atoms with van der Waals surface area (Å²) in [4.78, 5) is 12.5. The number of anilines is 1. The van der Waals surface area contributed by atoms with Crippen molar-refractivity contribution in [1.29, 1.82) is 5.26 Å². The lowest BCUT2D eigenvalue weighted by Crippen LogP contribution is -2.14. The van der Waals surface area contributed by atoms with Gasteiger partial charge < -0.3 is 19.5 Å². The van der Waals surface area contributed by atoms with Gasteiger partial charge in [-0.1, -0.05) is 12.1 Å². The first-order valence-corrected chi connectivity index (χ1v) is 7.20. The predicted molar refractivity (Wildman–Crippen MR) is 89.8 cm³/mol. The largest absolute Gasteiger partial charge is 0.493 e. The average molecular weight is 326 g/mol. The van der Waals surface area contributed by atoms with Crippen molar-refractivity contribution in [2.45, 2.75) is 6.42 Å². The Morgan fingerprint density at radius 1 is 1.00 bits per heavy atom. The third-order valence-electron chi connectivity index (χ3n) is 3.44. The number of nitrogens with one attached hydrogen (secondary N) is 1. The molecule has 124 valence electrons. The van der Waals surface area contributed by atoms with Crippen molar-refractivity contribution in [3.05, 3.63) is 47.5 Å². The van der Waals surface area contributed by atoms with Crippen LogP contribution in [0.1, 0.15) is 15.9 Å². The van der Waals surface area contributed by atoms with Crippen molar-refractivity contribution < 1.29 is 19.0 Å². The normalized spacial score (nSPS) is 9.75. The van der Waals surface area contributed by atoms with Crippen LogP contribution in [0.25, 0.3) is 0 Å². The van der Waals surface area contributed by atoms with Crippen LogP contribution in [0.2, 0.25) is 0 Å². The van der Waals surface area contributed by atoms with Gasteiger partial charge in [0.1, 0.15) is 0 Å². The molecule has 0 radical (unpaired) electrons. The Balaban J connectivity index is 2.28. The number of ether oxygens (including phenoxy) is 3. The number of methoxy groups -OCH3 is 3. The van der Waals surface area contributed by atoms with Crippen molar-refractivity contribution in [2.24, 2.45) is 0 Å². The Labute approximate surface area is 140 Å². The zero-order valence-electron chi connectivity index (χ0n) is 13.8. The molecule has 0 fully saturated rings. The van der Waals surface area contributed by atoms with Gasteiger partial charge in [-0.15, -0.1) is 0 Å². The van der Waals surface area contributed by atoms with Gasteiger partial charge >= 0.3 is 0 Å². The lowest BCUT2D eigenvalue weighted by Gasteiger charge is -2.15. The molecular formula is C18H18N2O4. The van der Waals surface area contributed by atoms with Crippen LogP contribution < -0.4 is 19.5 Å². The maximum absolute atomic E-state index is 12.5. The predicted octanol–water partition coefficient (Wildman–Crippen LogP) is 3.03. The Morgan fingerprint density at radius 2 is 1.67 bits per heavy atom. The number of hydrogen-bond acceptors (Lipinski definition) is 5. The minimum atomic E-state index is -0.333. The van der Waals surface area contributed by atoms with Gasteiger partial charge in [-0.05, 0) is 29.8 Å². The van der Waals surface area contributed by atoms with Crippen LogP contribution in [-0.2, 0) is 6.42 Å². The summed E-state index contributed by atoms with van der Waals surface area (Å²) in [5.74, 6) is 0.806. The molecule has 6 nitrogen and oxygen atoms in total. The van der Waals surface area contributed by atoms with Crippen molar-refractivity contribution in [3.63, 3.8) is 0 Å². The highest BCUT2D eigenvalue weighted by Gasteiger charge is 2.20. The monoisotopic (exact) mass is 326 g/mol. The average Bonchev–Trinajstić information content (AvgIpc) is 2.61. The number of carbonyl (C=O) groups is 1. The molecule has 2 aromatic carbocycles. The van der Waals surface area contributed by atoms with Crippen LogP contribution in [0.15, 0.2) is 36.4 Å². The van der Waals surface area contributed by atoms with E-state index in [9.17, 15) is 4.79 Å². The SMILES string of the molecule is COc1ccc(C(=O)Nc2ccc(CC#N)cc2)c(OC)c1OC. The Bertz CT molecular complexity index is 764. The summed E-state index contributed by atoms with van der Waals surface area (Å²) in [6.45, 7) is 0. The lowest BCUT2D eigenvalue weighted by atomic mass is 10.1. The standard InChI is InChI=1S/C18H18N2O4/c1-22-15-9-8-14(16(23-2)17(15)24-3)18(21)20-13-6-4-12(5-7-13)10-11-19/h4-9H,10H2,1-3H3,(H,20,21). The molecular weight excluding hydrogens is 308 g/mol. The maximum atomic E-state index is 12.5. The van der Waals surface area contributed by atoms with Gasteiger partial charge in [-0.25, -0.2) is 0 Å². The zero-order valence-corrected chi connectivity index (χ0v) is 13.8. The van der Waals surface area contributed by atoms with E-state index in [1.165, 1.54) is 21.3 Å². The van der Waals surface area contributed by atoms with Gasteiger partial charge in [0.2, 0.25) is 5.75 Å². The molecule has 0 aromatic heterocycles. The molecule has 6 heteroatoms. The maximum Gasteiger partial charge on any atom is 0.259 e. The summed E-state index contributed by atoms with van der Waals surface area (Å²) in [6, 6.07) is 12.4. The topological polar surface area (TPSA) is 80.6 Å². The van der Waals surface area contributed by atoms with E-state index in [0.717, 1.165) is 5.56 Å². The minimum absolute atomic E-state index is 0.301. The molecule has 24 heavy (non-hydrogen) atoms. The molecule has 0 saturated heterocycles. The molecule has 1 N–H and O–H groups in total. The Kier molecular flexibility index (Phi) is 5.63. The summed E-state index contributed by atoms with van der Waals surface area (Å²) >= 11 is 0. The number of amides is 1. The molecule has 2 aromatic rings. The van der Waals surface area contributed by atoms with Crippen molar-refractivity contribution >= 4 is 11.6 Å². The highest BCUT2D eigenvalue weighted by Crippen LogP contribution is 2.39. The Hall–Kier alpha value is -3.20. The number of nitrogens with zero attached hydrogens (tertiary/aromatic N) is 1. The second kappa shape index (κ2) is 7.88. The fourth-order valence-corrected chi connectivity index (χ4v) is 2.28. The summed E-state index contributed by atoms with van der Waals surface area (Å²) in [5.41, 5.74) is 1.84. The molecule has 2 rings (SSSR count). The van der Waals surface area contributed by atoms with Gasteiger partial charge in [0.25, 0.3) is 5.91 Å². The second-order valence-corrected chi connectivity index (χ2v) is 4.87. The van der Waals surface area contributed by atoms with E-state index in [-0.39, 0.29) is 5.91 Å². The van der Waals surface area contributed by atoms with E-state index >= 15 is 0 Å². The van der Waals surface area contributed by atoms with Crippen molar-refractivity contribution in [3.8, 4) is 23.3 Å². The van der Waals surface area contributed by atoms with Crippen LogP contribution >= 0.6 is 0 Å². The fourth-order valence-electron chi connectivity index (χ4n) is 2.28. The number of benzene rings is 2. The van der Waals surface area contributed by atoms with Gasteiger partial charge in [0.05, 0.1) is 39.4 Å². The van der Waals surface area contributed by atoms with Gasteiger partial charge in [0.15, 0.2) is 11.5 Å². The number of rotatable bonds is 6. The van der Waals surface area contributed by atoms with E-state index in [0.29, 0.717) is 34.9 Å². The molecule has 0 atom stereocenters. The van der Waals surface area contributed by atoms with Crippen LogP contribution in [0.4, 0.5) is 5.69 Å². The van der Waals surface area contributed by atoms with Crippen molar-refractivity contribution in [2.75, 3.05) is 26.6 Å². The molecule has 0 saturated carbocycles. The molecule has 0 aliphatic carbocycles.